The molecular formula is C21H22Br2O. The van der Waals surface area contributed by atoms with Crippen molar-refractivity contribution in [3.63, 3.8) is 0 Å². The molecule has 0 aliphatic rings. The molecule has 0 fully saturated rings. The Balaban J connectivity index is 2.17. The number of hydrogen-bond donors (Lipinski definition) is 0. The van der Waals surface area contributed by atoms with Gasteiger partial charge < -0.3 is 4.74 Å². The summed E-state index contributed by atoms with van der Waals surface area (Å²) >= 11 is 7.42. The zero-order valence-corrected chi connectivity index (χ0v) is 17.7. The first-order valence-corrected chi connectivity index (χ1v) is 9.90. The Morgan fingerprint density at radius 1 is 0.958 bits per heavy atom. The summed E-state index contributed by atoms with van der Waals surface area (Å²) in [6.45, 7) is 8.57. The van der Waals surface area contributed by atoms with Crippen LogP contribution in [0.15, 0.2) is 51.4 Å². The van der Waals surface area contributed by atoms with E-state index in [1.165, 1.54) is 27.1 Å². The van der Waals surface area contributed by atoms with Gasteiger partial charge in [0, 0.05) is 8.95 Å². The summed E-state index contributed by atoms with van der Waals surface area (Å²) in [6, 6.07) is 15.2. The lowest BCUT2D eigenvalue weighted by Crippen LogP contribution is -2.26. The Labute approximate surface area is 160 Å². The highest BCUT2D eigenvalue weighted by Crippen LogP contribution is 2.37. The predicted octanol–water partition coefficient (Wildman–Crippen LogP) is 7.57. The molecule has 1 atom stereocenters. The number of benzene rings is 3. The van der Waals surface area contributed by atoms with E-state index in [1.807, 2.05) is 0 Å². The minimum atomic E-state index is -0.321. The Hall–Kier alpha value is -0.900. The van der Waals surface area contributed by atoms with Crippen molar-refractivity contribution in [2.24, 2.45) is 0 Å². The molecule has 0 saturated heterocycles. The highest BCUT2D eigenvalue weighted by Gasteiger charge is 2.24. The molecule has 3 rings (SSSR count). The summed E-state index contributed by atoms with van der Waals surface area (Å²) in [5, 5.41) is 4.92. The van der Waals surface area contributed by atoms with Gasteiger partial charge in [0.2, 0.25) is 0 Å². The number of ether oxygens (including phenoxy) is 1. The maximum atomic E-state index is 6.26. The van der Waals surface area contributed by atoms with Crippen molar-refractivity contribution in [3.8, 4) is 0 Å². The summed E-state index contributed by atoms with van der Waals surface area (Å²) in [7, 11) is 0. The highest BCUT2D eigenvalue weighted by atomic mass is 79.9. The smallest absolute Gasteiger partial charge is 0.0879 e. The lowest BCUT2D eigenvalue weighted by Gasteiger charge is -2.30. The second kappa shape index (κ2) is 6.78. The van der Waals surface area contributed by atoms with Crippen molar-refractivity contribution < 1.29 is 4.74 Å². The van der Waals surface area contributed by atoms with Gasteiger partial charge in [-0.1, -0.05) is 50.9 Å². The first kappa shape index (κ1) is 17.9. The van der Waals surface area contributed by atoms with Gasteiger partial charge in [-0.3, -0.25) is 0 Å². The van der Waals surface area contributed by atoms with E-state index in [1.54, 1.807) is 0 Å². The second-order valence-corrected chi connectivity index (χ2v) is 8.55. The number of halogens is 2. The number of rotatable bonds is 4. The van der Waals surface area contributed by atoms with Crippen LogP contribution in [0.2, 0.25) is 0 Å². The summed E-state index contributed by atoms with van der Waals surface area (Å²) < 4.78 is 8.48. The minimum absolute atomic E-state index is 0.238. The van der Waals surface area contributed by atoms with Crippen LogP contribution in [0.5, 0.6) is 0 Å². The molecule has 0 bridgehead atoms. The van der Waals surface area contributed by atoms with E-state index < -0.39 is 0 Å². The van der Waals surface area contributed by atoms with Crippen LogP contribution < -0.4 is 0 Å². The van der Waals surface area contributed by atoms with Gasteiger partial charge in [0.15, 0.2) is 0 Å². The van der Waals surface area contributed by atoms with Crippen LogP contribution in [-0.2, 0) is 10.3 Å². The van der Waals surface area contributed by atoms with Crippen LogP contribution >= 0.6 is 31.9 Å². The zero-order chi connectivity index (χ0) is 17.5. The molecule has 0 amide bonds. The maximum absolute atomic E-state index is 6.26. The van der Waals surface area contributed by atoms with Crippen molar-refractivity contribution in [1.29, 1.82) is 0 Å². The molecule has 0 aromatic heterocycles. The lowest BCUT2D eigenvalue weighted by atomic mass is 9.93. The van der Waals surface area contributed by atoms with Gasteiger partial charge >= 0.3 is 0 Å². The van der Waals surface area contributed by atoms with E-state index in [4.69, 9.17) is 4.74 Å². The third-order valence-corrected chi connectivity index (χ3v) is 5.96. The third kappa shape index (κ3) is 3.40. The van der Waals surface area contributed by atoms with Crippen molar-refractivity contribution in [2.75, 3.05) is 0 Å². The fraction of sp³-hybridized carbons (Fsp3) is 0.333. The molecule has 24 heavy (non-hydrogen) atoms. The fourth-order valence-corrected chi connectivity index (χ4v) is 4.14. The largest absolute Gasteiger partial charge is 0.368 e. The molecule has 0 spiro atoms. The van der Waals surface area contributed by atoms with Crippen LogP contribution in [-0.4, -0.2) is 6.10 Å². The van der Waals surface area contributed by atoms with Crippen molar-refractivity contribution in [3.05, 3.63) is 57.0 Å². The molecule has 0 heterocycles. The van der Waals surface area contributed by atoms with Gasteiger partial charge in [0.1, 0.15) is 0 Å². The van der Waals surface area contributed by atoms with Gasteiger partial charge in [-0.05, 0) is 84.6 Å². The fourth-order valence-electron chi connectivity index (χ4n) is 3.06. The molecule has 0 aliphatic heterocycles. The van der Waals surface area contributed by atoms with E-state index in [2.05, 4.69) is 102 Å². The molecule has 0 N–H and O–H groups in total. The van der Waals surface area contributed by atoms with Crippen LogP contribution in [0.25, 0.3) is 21.5 Å². The molecule has 126 valence electrons. The van der Waals surface area contributed by atoms with Crippen molar-refractivity contribution >= 4 is 53.4 Å². The summed E-state index contributed by atoms with van der Waals surface area (Å²) in [5.74, 6) is 0. The molecule has 3 aromatic rings. The molecule has 0 aliphatic carbocycles. The van der Waals surface area contributed by atoms with Crippen molar-refractivity contribution in [2.45, 2.75) is 45.8 Å². The molecule has 0 radical (unpaired) electrons. The Kier molecular flexibility index (Phi) is 5.06. The van der Waals surface area contributed by atoms with E-state index in [0.717, 1.165) is 15.4 Å². The van der Waals surface area contributed by atoms with Gasteiger partial charge in [0.25, 0.3) is 0 Å². The lowest BCUT2D eigenvalue weighted by molar-refractivity contribution is -0.0691. The Bertz CT molecular complexity index is 899. The number of hydrogen-bond acceptors (Lipinski definition) is 1. The van der Waals surface area contributed by atoms with Crippen LogP contribution in [0.3, 0.4) is 0 Å². The molecule has 0 saturated carbocycles. The first-order valence-electron chi connectivity index (χ1n) is 8.31. The topological polar surface area (TPSA) is 9.23 Å². The average molecular weight is 450 g/mol. The maximum Gasteiger partial charge on any atom is 0.0879 e. The van der Waals surface area contributed by atoms with Gasteiger partial charge in [0.05, 0.1) is 11.7 Å². The number of fused-ring (bicyclic) bond motifs is 2. The molecule has 3 aromatic carbocycles. The van der Waals surface area contributed by atoms with E-state index >= 15 is 0 Å². The first-order chi connectivity index (χ1) is 11.3. The molecule has 1 nitrogen and oxygen atoms in total. The average Bonchev–Trinajstić information content (AvgIpc) is 2.53. The second-order valence-electron chi connectivity index (χ2n) is 6.84. The van der Waals surface area contributed by atoms with Gasteiger partial charge in [-0.15, -0.1) is 0 Å². The minimum Gasteiger partial charge on any atom is -0.368 e. The Morgan fingerprint density at radius 2 is 1.67 bits per heavy atom. The third-order valence-electron chi connectivity index (χ3n) is 4.61. The molecule has 1 unspecified atom stereocenters. The van der Waals surface area contributed by atoms with Crippen molar-refractivity contribution in [1.82, 2.24) is 0 Å². The summed E-state index contributed by atoms with van der Waals surface area (Å²) in [4.78, 5) is 0. The highest BCUT2D eigenvalue weighted by molar-refractivity contribution is 9.11. The quantitative estimate of drug-likeness (QED) is 0.373. The Morgan fingerprint density at radius 3 is 2.38 bits per heavy atom. The van der Waals surface area contributed by atoms with Gasteiger partial charge in [-0.25, -0.2) is 0 Å². The molecular weight excluding hydrogens is 428 g/mol. The summed E-state index contributed by atoms with van der Waals surface area (Å²) in [6.07, 6.45) is 1.25. The van der Waals surface area contributed by atoms with E-state index in [0.29, 0.717) is 0 Å². The zero-order valence-electron chi connectivity index (χ0n) is 14.5. The predicted molar refractivity (Wildman–Crippen MR) is 111 cm³/mol. The van der Waals surface area contributed by atoms with Crippen LogP contribution in [0, 0.1) is 0 Å². The summed E-state index contributed by atoms with van der Waals surface area (Å²) in [5.41, 5.74) is 0.870. The van der Waals surface area contributed by atoms with E-state index in [-0.39, 0.29) is 11.7 Å². The standard InChI is InChI=1S/C21H22Br2O/c1-5-13(2)24-21(3,4)16-10-15-9-14-7-6-8-19(22)17(14)12-18(15)20(23)11-16/h6-13H,5H2,1-4H3. The SMILES string of the molecule is CCC(C)OC(C)(C)c1cc(Br)c2cc3c(Br)cccc3cc2c1. The normalized spacial score (nSPS) is 13.6. The van der Waals surface area contributed by atoms with Crippen LogP contribution in [0.4, 0.5) is 0 Å². The van der Waals surface area contributed by atoms with Gasteiger partial charge in [-0.2, -0.15) is 0 Å². The van der Waals surface area contributed by atoms with E-state index in [9.17, 15) is 0 Å². The van der Waals surface area contributed by atoms with Crippen LogP contribution in [0.1, 0.15) is 39.7 Å². The molecule has 3 heteroatoms. The monoisotopic (exact) mass is 448 g/mol.